The Kier molecular flexibility index (Phi) is 1.84. The van der Waals surface area contributed by atoms with Crippen molar-refractivity contribution in [2.75, 3.05) is 0 Å². The van der Waals surface area contributed by atoms with E-state index in [0.717, 1.165) is 5.56 Å². The molecule has 2 atom stereocenters. The molecule has 0 radical (unpaired) electrons. The van der Waals surface area contributed by atoms with Crippen LogP contribution in [0.2, 0.25) is 0 Å². The van der Waals surface area contributed by atoms with Crippen LogP contribution in [0.5, 0.6) is 0 Å². The van der Waals surface area contributed by atoms with E-state index < -0.39 is 12.4 Å². The van der Waals surface area contributed by atoms with Gasteiger partial charge in [0.1, 0.15) is 12.2 Å². The molecule has 0 aliphatic carbocycles. The lowest BCUT2D eigenvalue weighted by Crippen LogP contribution is -2.13. The van der Waals surface area contributed by atoms with E-state index in [9.17, 15) is 0 Å². The molecule has 0 saturated carbocycles. The quantitative estimate of drug-likeness (QED) is 0.495. The number of aliphatic hydroxyl groups is 2. The van der Waals surface area contributed by atoms with E-state index in [1.54, 1.807) is 0 Å². The van der Waals surface area contributed by atoms with Gasteiger partial charge in [-0.05, 0) is 5.56 Å². The van der Waals surface area contributed by atoms with Crippen LogP contribution >= 0.6 is 0 Å². The van der Waals surface area contributed by atoms with Crippen LogP contribution in [0.1, 0.15) is 11.7 Å². The first-order valence-electron chi connectivity index (χ1n) is 3.85. The van der Waals surface area contributed by atoms with Gasteiger partial charge in [0, 0.05) is 0 Å². The Bertz CT molecular complexity index is 258. The molecule has 0 bridgehead atoms. The number of benzene rings is 1. The van der Waals surface area contributed by atoms with Gasteiger partial charge in [-0.25, -0.2) is 0 Å². The molecule has 3 heteroatoms. The first-order chi connectivity index (χ1) is 5.79. The molecule has 1 heterocycles. The number of hydrogen-bond donors (Lipinski definition) is 2. The highest BCUT2D eigenvalue weighted by Crippen LogP contribution is 2.39. The molecule has 1 fully saturated rings. The van der Waals surface area contributed by atoms with Gasteiger partial charge in [0.25, 0.3) is 0 Å². The zero-order chi connectivity index (χ0) is 8.55. The lowest BCUT2D eigenvalue weighted by Gasteiger charge is -1.96. The first-order valence-corrected chi connectivity index (χ1v) is 3.85. The maximum absolute atomic E-state index is 8.75. The third-order valence-corrected chi connectivity index (χ3v) is 1.95. The van der Waals surface area contributed by atoms with Gasteiger partial charge in [-0.15, -0.1) is 0 Å². The topological polar surface area (TPSA) is 53.0 Å². The molecular weight excluding hydrogens is 156 g/mol. The molecule has 0 amide bonds. The zero-order valence-corrected chi connectivity index (χ0v) is 6.42. The van der Waals surface area contributed by atoms with Crippen molar-refractivity contribution in [3.05, 3.63) is 35.9 Å². The SMILES string of the molecule is OC(O)[C@H]1O[C@@H]1c1ccccc1. The summed E-state index contributed by atoms with van der Waals surface area (Å²) in [5.74, 6) is 0. The Hall–Kier alpha value is -0.900. The van der Waals surface area contributed by atoms with Gasteiger partial charge in [0.15, 0.2) is 6.29 Å². The molecule has 64 valence electrons. The Morgan fingerprint density at radius 2 is 1.83 bits per heavy atom. The fourth-order valence-corrected chi connectivity index (χ4v) is 1.26. The summed E-state index contributed by atoms with van der Waals surface area (Å²) in [5.41, 5.74) is 0.996. The fourth-order valence-electron chi connectivity index (χ4n) is 1.26. The second-order valence-corrected chi connectivity index (χ2v) is 2.85. The predicted molar refractivity (Wildman–Crippen MR) is 42.3 cm³/mol. The average Bonchev–Trinajstić information content (AvgIpc) is 2.84. The van der Waals surface area contributed by atoms with Crippen molar-refractivity contribution in [2.45, 2.75) is 18.5 Å². The van der Waals surface area contributed by atoms with Crippen molar-refractivity contribution in [2.24, 2.45) is 0 Å². The zero-order valence-electron chi connectivity index (χ0n) is 6.42. The summed E-state index contributed by atoms with van der Waals surface area (Å²) in [7, 11) is 0. The second-order valence-electron chi connectivity index (χ2n) is 2.85. The normalized spacial score (nSPS) is 27.6. The van der Waals surface area contributed by atoms with Gasteiger partial charge in [-0.3, -0.25) is 0 Å². The van der Waals surface area contributed by atoms with Gasteiger partial charge < -0.3 is 14.9 Å². The molecule has 1 aromatic carbocycles. The lowest BCUT2D eigenvalue weighted by atomic mass is 10.1. The van der Waals surface area contributed by atoms with Crippen molar-refractivity contribution in [1.82, 2.24) is 0 Å². The van der Waals surface area contributed by atoms with E-state index in [-0.39, 0.29) is 6.10 Å². The standard InChI is InChI=1S/C9H10O3/c10-9(11)8-7(12-8)6-4-2-1-3-5-6/h1-5,7-11H/t7-,8+/m1/s1. The third-order valence-electron chi connectivity index (χ3n) is 1.95. The van der Waals surface area contributed by atoms with Crippen molar-refractivity contribution in [3.63, 3.8) is 0 Å². The van der Waals surface area contributed by atoms with Gasteiger partial charge in [-0.2, -0.15) is 0 Å². The van der Waals surface area contributed by atoms with Crippen LogP contribution in [-0.2, 0) is 4.74 Å². The number of rotatable bonds is 2. The largest absolute Gasteiger partial charge is 0.366 e. The maximum atomic E-state index is 8.75. The highest BCUT2D eigenvalue weighted by Gasteiger charge is 2.44. The molecule has 0 aromatic heterocycles. The van der Waals surface area contributed by atoms with Gasteiger partial charge in [0.05, 0.1) is 0 Å². The summed E-state index contributed by atoms with van der Waals surface area (Å²) in [6.07, 6.45) is -1.94. The summed E-state index contributed by atoms with van der Waals surface area (Å²) in [4.78, 5) is 0. The molecule has 1 aliphatic rings. The highest BCUT2D eigenvalue weighted by atomic mass is 16.6. The maximum Gasteiger partial charge on any atom is 0.181 e. The summed E-state index contributed by atoms with van der Waals surface area (Å²) >= 11 is 0. The van der Waals surface area contributed by atoms with Crippen LogP contribution in [0.4, 0.5) is 0 Å². The minimum absolute atomic E-state index is 0.133. The number of aliphatic hydroxyl groups excluding tert-OH is 1. The minimum atomic E-state index is -1.37. The van der Waals surface area contributed by atoms with Crippen LogP contribution in [-0.4, -0.2) is 22.6 Å². The third kappa shape index (κ3) is 1.34. The predicted octanol–water partition coefficient (Wildman–Crippen LogP) is 0.437. The Morgan fingerprint density at radius 1 is 1.17 bits per heavy atom. The molecule has 2 rings (SSSR count). The average molecular weight is 166 g/mol. The molecule has 2 N–H and O–H groups in total. The van der Waals surface area contributed by atoms with E-state index in [4.69, 9.17) is 14.9 Å². The Morgan fingerprint density at radius 3 is 2.33 bits per heavy atom. The molecule has 12 heavy (non-hydrogen) atoms. The second kappa shape index (κ2) is 2.86. The van der Waals surface area contributed by atoms with E-state index in [2.05, 4.69) is 0 Å². The van der Waals surface area contributed by atoms with Gasteiger partial charge >= 0.3 is 0 Å². The summed E-state index contributed by atoms with van der Waals surface area (Å²) in [5, 5.41) is 17.5. The van der Waals surface area contributed by atoms with Crippen molar-refractivity contribution < 1.29 is 14.9 Å². The molecule has 1 aliphatic heterocycles. The fraction of sp³-hybridized carbons (Fsp3) is 0.333. The van der Waals surface area contributed by atoms with Crippen LogP contribution in [0.15, 0.2) is 30.3 Å². The van der Waals surface area contributed by atoms with Crippen LogP contribution in [0.3, 0.4) is 0 Å². The Labute approximate surface area is 70.2 Å². The minimum Gasteiger partial charge on any atom is -0.366 e. The van der Waals surface area contributed by atoms with Crippen LogP contribution in [0.25, 0.3) is 0 Å². The molecule has 0 spiro atoms. The van der Waals surface area contributed by atoms with Crippen molar-refractivity contribution in [3.8, 4) is 0 Å². The van der Waals surface area contributed by atoms with Gasteiger partial charge in [0.2, 0.25) is 0 Å². The summed E-state index contributed by atoms with van der Waals surface area (Å²) < 4.78 is 5.06. The van der Waals surface area contributed by atoms with Crippen molar-refractivity contribution >= 4 is 0 Å². The molecular formula is C9H10O3. The van der Waals surface area contributed by atoms with E-state index in [0.29, 0.717) is 0 Å². The van der Waals surface area contributed by atoms with Crippen LogP contribution in [0, 0.1) is 0 Å². The smallest absolute Gasteiger partial charge is 0.181 e. The first kappa shape index (κ1) is 7.73. The molecule has 0 unspecified atom stereocenters. The number of ether oxygens (including phenoxy) is 1. The van der Waals surface area contributed by atoms with E-state index in [1.165, 1.54) is 0 Å². The molecule has 1 aromatic rings. The lowest BCUT2D eigenvalue weighted by molar-refractivity contribution is -0.0582. The molecule has 3 nitrogen and oxygen atoms in total. The van der Waals surface area contributed by atoms with Gasteiger partial charge in [-0.1, -0.05) is 30.3 Å². The number of epoxide rings is 1. The van der Waals surface area contributed by atoms with Crippen LogP contribution < -0.4 is 0 Å². The molecule has 1 saturated heterocycles. The monoisotopic (exact) mass is 166 g/mol. The number of hydrogen-bond acceptors (Lipinski definition) is 3. The Balaban J connectivity index is 2.06. The van der Waals surface area contributed by atoms with Crippen molar-refractivity contribution in [1.29, 1.82) is 0 Å². The summed E-state index contributed by atoms with van der Waals surface area (Å²) in [6, 6.07) is 9.53. The van der Waals surface area contributed by atoms with E-state index >= 15 is 0 Å². The highest BCUT2D eigenvalue weighted by molar-refractivity contribution is 5.22. The van der Waals surface area contributed by atoms with E-state index in [1.807, 2.05) is 30.3 Å². The summed E-state index contributed by atoms with van der Waals surface area (Å²) in [6.45, 7) is 0.